The van der Waals surface area contributed by atoms with Gasteiger partial charge in [0.15, 0.2) is 17.5 Å². The summed E-state index contributed by atoms with van der Waals surface area (Å²) in [6.45, 7) is -0.549. The molecule has 2 N–H and O–H groups in total. The number of halogens is 3. The van der Waals surface area contributed by atoms with E-state index in [0.717, 1.165) is 12.1 Å². The lowest BCUT2D eigenvalue weighted by atomic mass is 10.2. The predicted octanol–water partition coefficient (Wildman–Crippen LogP) is 1.17. The Kier molecular flexibility index (Phi) is 5.02. The highest BCUT2D eigenvalue weighted by molar-refractivity contribution is 5.99. The first-order valence-corrected chi connectivity index (χ1v) is 6.68. The van der Waals surface area contributed by atoms with Crippen LogP contribution in [0.15, 0.2) is 35.3 Å². The number of carbonyl (C=O) groups is 2. The summed E-state index contributed by atoms with van der Waals surface area (Å²) < 4.78 is 40.5. The number of anilines is 1. The molecule has 9 heteroatoms. The van der Waals surface area contributed by atoms with Gasteiger partial charge in [-0.25, -0.2) is 13.2 Å². The zero-order valence-corrected chi connectivity index (χ0v) is 12.4. The summed E-state index contributed by atoms with van der Waals surface area (Å²) in [5.74, 6) is -6.17. The fourth-order valence-electron chi connectivity index (χ4n) is 1.77. The predicted molar refractivity (Wildman–Crippen MR) is 79.0 cm³/mol. The number of nitrogens with zero attached hydrogens (tertiary/aromatic N) is 1. The first-order valence-electron chi connectivity index (χ1n) is 6.68. The van der Waals surface area contributed by atoms with Crippen molar-refractivity contribution in [3.05, 3.63) is 63.8 Å². The molecule has 126 valence electrons. The SMILES string of the molecule is Cn1ccc(C(=O)NCC(=O)Nc2ccc(F)c(F)c2F)cc1=O. The number of carbonyl (C=O) groups excluding carboxylic acids is 2. The van der Waals surface area contributed by atoms with Crippen LogP contribution in [0.5, 0.6) is 0 Å². The second-order valence-electron chi connectivity index (χ2n) is 4.82. The van der Waals surface area contributed by atoms with E-state index in [4.69, 9.17) is 0 Å². The number of rotatable bonds is 4. The van der Waals surface area contributed by atoms with Gasteiger partial charge in [0.25, 0.3) is 11.5 Å². The van der Waals surface area contributed by atoms with Crippen LogP contribution in [0.4, 0.5) is 18.9 Å². The number of hydrogen-bond donors (Lipinski definition) is 2. The Morgan fingerprint density at radius 3 is 2.50 bits per heavy atom. The van der Waals surface area contributed by atoms with Crippen LogP contribution in [0.1, 0.15) is 10.4 Å². The van der Waals surface area contributed by atoms with Crippen molar-refractivity contribution in [3.63, 3.8) is 0 Å². The minimum atomic E-state index is -1.71. The average molecular weight is 339 g/mol. The molecular weight excluding hydrogens is 327 g/mol. The van der Waals surface area contributed by atoms with Gasteiger partial charge in [-0.3, -0.25) is 14.4 Å². The van der Waals surface area contributed by atoms with Crippen molar-refractivity contribution in [2.24, 2.45) is 7.05 Å². The molecule has 0 spiro atoms. The van der Waals surface area contributed by atoms with E-state index in [1.165, 1.54) is 23.9 Å². The van der Waals surface area contributed by atoms with Crippen LogP contribution < -0.4 is 16.2 Å². The molecule has 6 nitrogen and oxygen atoms in total. The van der Waals surface area contributed by atoms with Crippen molar-refractivity contribution in [1.29, 1.82) is 0 Å². The Hall–Kier alpha value is -3.10. The third-order valence-electron chi connectivity index (χ3n) is 3.09. The Balaban J connectivity index is 1.98. The molecule has 24 heavy (non-hydrogen) atoms. The van der Waals surface area contributed by atoms with Gasteiger partial charge in [-0.05, 0) is 18.2 Å². The topological polar surface area (TPSA) is 80.2 Å². The summed E-state index contributed by atoms with van der Waals surface area (Å²) >= 11 is 0. The second-order valence-corrected chi connectivity index (χ2v) is 4.82. The van der Waals surface area contributed by atoms with Gasteiger partial charge in [0, 0.05) is 24.9 Å². The van der Waals surface area contributed by atoms with Gasteiger partial charge in [-0.1, -0.05) is 0 Å². The van der Waals surface area contributed by atoms with Gasteiger partial charge < -0.3 is 15.2 Å². The molecule has 2 rings (SSSR count). The van der Waals surface area contributed by atoms with E-state index in [9.17, 15) is 27.6 Å². The molecule has 0 atom stereocenters. The molecule has 1 aromatic carbocycles. The molecule has 0 aliphatic carbocycles. The van der Waals surface area contributed by atoms with Gasteiger partial charge in [-0.15, -0.1) is 0 Å². The third-order valence-corrected chi connectivity index (χ3v) is 3.09. The second kappa shape index (κ2) is 6.99. The lowest BCUT2D eigenvalue weighted by Crippen LogP contribution is -2.33. The minimum Gasteiger partial charge on any atom is -0.343 e. The molecule has 0 saturated carbocycles. The van der Waals surface area contributed by atoms with E-state index in [1.807, 2.05) is 5.32 Å². The summed E-state index contributed by atoms with van der Waals surface area (Å²) in [5, 5.41) is 4.23. The largest absolute Gasteiger partial charge is 0.343 e. The van der Waals surface area contributed by atoms with Crippen LogP contribution >= 0.6 is 0 Å². The van der Waals surface area contributed by atoms with E-state index in [-0.39, 0.29) is 5.56 Å². The van der Waals surface area contributed by atoms with Crippen LogP contribution in [-0.2, 0) is 11.8 Å². The van der Waals surface area contributed by atoms with Crippen molar-refractivity contribution >= 4 is 17.5 Å². The molecule has 2 aromatic rings. The van der Waals surface area contributed by atoms with Gasteiger partial charge >= 0.3 is 0 Å². The number of nitrogens with one attached hydrogen (secondary N) is 2. The quantitative estimate of drug-likeness (QED) is 0.821. The van der Waals surface area contributed by atoms with Crippen LogP contribution in [0.2, 0.25) is 0 Å². The van der Waals surface area contributed by atoms with Crippen LogP contribution in [0, 0.1) is 17.5 Å². The number of aryl methyl sites for hydroxylation is 1. The van der Waals surface area contributed by atoms with Crippen LogP contribution in [0.3, 0.4) is 0 Å². The van der Waals surface area contributed by atoms with E-state index >= 15 is 0 Å². The number of aromatic nitrogens is 1. The summed E-state index contributed by atoms with van der Waals surface area (Å²) in [6.07, 6.45) is 1.38. The maximum Gasteiger partial charge on any atom is 0.251 e. The Morgan fingerprint density at radius 1 is 1.12 bits per heavy atom. The van der Waals surface area contributed by atoms with Crippen molar-refractivity contribution in [1.82, 2.24) is 9.88 Å². The molecule has 1 heterocycles. The van der Waals surface area contributed by atoms with E-state index in [2.05, 4.69) is 5.32 Å². The average Bonchev–Trinajstić information content (AvgIpc) is 2.55. The lowest BCUT2D eigenvalue weighted by Gasteiger charge is -2.08. The summed E-state index contributed by atoms with van der Waals surface area (Å²) in [6, 6.07) is 3.98. The first kappa shape index (κ1) is 17.3. The molecule has 0 aliphatic rings. The van der Waals surface area contributed by atoms with Crippen molar-refractivity contribution in [2.45, 2.75) is 0 Å². The molecule has 0 unspecified atom stereocenters. The van der Waals surface area contributed by atoms with E-state index in [0.29, 0.717) is 6.07 Å². The van der Waals surface area contributed by atoms with Gasteiger partial charge in [0.1, 0.15) is 0 Å². The van der Waals surface area contributed by atoms with E-state index < -0.39 is 47.1 Å². The monoisotopic (exact) mass is 339 g/mol. The molecule has 2 amide bonds. The third kappa shape index (κ3) is 3.80. The Morgan fingerprint density at radius 2 is 1.83 bits per heavy atom. The van der Waals surface area contributed by atoms with Gasteiger partial charge in [0.2, 0.25) is 5.91 Å². The van der Waals surface area contributed by atoms with Crippen LogP contribution in [0.25, 0.3) is 0 Å². The normalized spacial score (nSPS) is 10.3. The highest BCUT2D eigenvalue weighted by Crippen LogP contribution is 2.19. The van der Waals surface area contributed by atoms with Crippen molar-refractivity contribution in [3.8, 4) is 0 Å². The lowest BCUT2D eigenvalue weighted by molar-refractivity contribution is -0.115. The summed E-state index contributed by atoms with van der Waals surface area (Å²) in [7, 11) is 1.51. The van der Waals surface area contributed by atoms with Crippen LogP contribution in [-0.4, -0.2) is 22.9 Å². The molecule has 0 saturated heterocycles. The smallest absolute Gasteiger partial charge is 0.251 e. The standard InChI is InChI=1S/C15H12F3N3O3/c1-21-5-4-8(6-12(21)23)15(24)19-7-11(22)20-10-3-2-9(16)13(17)14(10)18/h2-6H,7H2,1H3,(H,19,24)(H,20,22). The molecule has 1 aromatic heterocycles. The minimum absolute atomic E-state index is 0.0462. The number of pyridine rings is 1. The number of benzene rings is 1. The fourth-order valence-corrected chi connectivity index (χ4v) is 1.77. The zero-order chi connectivity index (χ0) is 17.9. The number of hydrogen-bond acceptors (Lipinski definition) is 3. The highest BCUT2D eigenvalue weighted by atomic mass is 19.2. The number of amides is 2. The fraction of sp³-hybridized carbons (Fsp3) is 0.133. The van der Waals surface area contributed by atoms with Gasteiger partial charge in [-0.2, -0.15) is 0 Å². The zero-order valence-electron chi connectivity index (χ0n) is 12.4. The van der Waals surface area contributed by atoms with E-state index in [1.54, 1.807) is 0 Å². The Labute approximate surface area is 133 Å². The first-order chi connectivity index (χ1) is 11.3. The molecule has 0 aliphatic heterocycles. The molecular formula is C15H12F3N3O3. The van der Waals surface area contributed by atoms with Crippen molar-refractivity contribution in [2.75, 3.05) is 11.9 Å². The molecule has 0 fully saturated rings. The maximum absolute atomic E-state index is 13.4. The molecule has 0 radical (unpaired) electrons. The highest BCUT2D eigenvalue weighted by Gasteiger charge is 2.16. The summed E-state index contributed by atoms with van der Waals surface area (Å²) in [5.41, 5.74) is -0.914. The van der Waals surface area contributed by atoms with Crippen molar-refractivity contribution < 1.29 is 22.8 Å². The summed E-state index contributed by atoms with van der Waals surface area (Å²) in [4.78, 5) is 34.9. The maximum atomic E-state index is 13.4. The van der Waals surface area contributed by atoms with Gasteiger partial charge in [0.05, 0.1) is 12.2 Å². The molecule has 0 bridgehead atoms. The Bertz CT molecular complexity index is 865.